The Morgan fingerprint density at radius 3 is 2.65 bits per heavy atom. The van der Waals surface area contributed by atoms with Gasteiger partial charge in [0.05, 0.1) is 35.4 Å². The van der Waals surface area contributed by atoms with Crippen LogP contribution in [0, 0.1) is 18.6 Å². The molecule has 1 unspecified atom stereocenters. The SMILES string of the molecule is CC.Cc1ccc(Nc2c(C(=O)NOCC(O)CO)cc3c(ncn3C)c2F)c(F)c1. The number of hydrogen-bond donors (Lipinski definition) is 4. The van der Waals surface area contributed by atoms with Gasteiger partial charge in [-0.2, -0.15) is 0 Å². The topological polar surface area (TPSA) is 109 Å². The molecule has 4 N–H and O–H groups in total. The number of aliphatic hydroxyl groups is 2. The molecule has 31 heavy (non-hydrogen) atoms. The Morgan fingerprint density at radius 2 is 2.00 bits per heavy atom. The van der Waals surface area contributed by atoms with Gasteiger partial charge in [-0.25, -0.2) is 19.2 Å². The van der Waals surface area contributed by atoms with E-state index in [-0.39, 0.29) is 29.1 Å². The van der Waals surface area contributed by atoms with Crippen LogP contribution in [0.4, 0.5) is 20.2 Å². The molecular weight excluding hydrogens is 410 g/mol. The highest BCUT2D eigenvalue weighted by Gasteiger charge is 2.22. The fourth-order valence-corrected chi connectivity index (χ4v) is 2.69. The summed E-state index contributed by atoms with van der Waals surface area (Å²) in [6.45, 7) is 4.80. The van der Waals surface area contributed by atoms with E-state index < -0.39 is 30.3 Å². The third kappa shape index (κ3) is 5.54. The number of hydrogen-bond acceptors (Lipinski definition) is 6. The monoisotopic (exact) mass is 436 g/mol. The number of anilines is 2. The fraction of sp³-hybridized carbons (Fsp3) is 0.333. The third-order valence-corrected chi connectivity index (χ3v) is 4.24. The maximum absolute atomic E-state index is 15.2. The Labute approximate surface area is 178 Å². The van der Waals surface area contributed by atoms with Gasteiger partial charge >= 0.3 is 0 Å². The predicted molar refractivity (Wildman–Crippen MR) is 113 cm³/mol. The maximum Gasteiger partial charge on any atom is 0.277 e. The Kier molecular flexibility index (Phi) is 8.43. The van der Waals surface area contributed by atoms with E-state index in [1.807, 2.05) is 13.8 Å². The second-order valence-corrected chi connectivity index (χ2v) is 6.52. The molecule has 0 spiro atoms. The van der Waals surface area contributed by atoms with Crippen LogP contribution in [0.2, 0.25) is 0 Å². The first kappa shape index (κ1) is 24.2. The number of rotatable bonds is 7. The van der Waals surface area contributed by atoms with Crippen molar-refractivity contribution in [3.05, 3.63) is 53.4 Å². The first-order chi connectivity index (χ1) is 14.8. The van der Waals surface area contributed by atoms with Crippen LogP contribution in [0.25, 0.3) is 11.0 Å². The van der Waals surface area contributed by atoms with Gasteiger partial charge in [-0.1, -0.05) is 19.9 Å². The number of aryl methyl sites for hydroxylation is 2. The van der Waals surface area contributed by atoms with Gasteiger partial charge in [0.2, 0.25) is 0 Å². The van der Waals surface area contributed by atoms with Crippen LogP contribution < -0.4 is 10.8 Å². The van der Waals surface area contributed by atoms with Crippen molar-refractivity contribution >= 4 is 28.3 Å². The minimum atomic E-state index is -1.19. The molecule has 3 aromatic rings. The second-order valence-electron chi connectivity index (χ2n) is 6.52. The van der Waals surface area contributed by atoms with Crippen molar-refractivity contribution in [3.8, 4) is 0 Å². The molecule has 168 valence electrons. The average Bonchev–Trinajstić information content (AvgIpc) is 3.13. The van der Waals surface area contributed by atoms with Crippen LogP contribution in [-0.2, 0) is 11.9 Å². The van der Waals surface area contributed by atoms with Crippen LogP contribution in [0.3, 0.4) is 0 Å². The molecule has 0 radical (unpaired) electrons. The van der Waals surface area contributed by atoms with E-state index >= 15 is 4.39 Å². The second kappa shape index (κ2) is 10.8. The Morgan fingerprint density at radius 1 is 1.29 bits per heavy atom. The molecule has 10 heteroatoms. The number of imidazole rings is 1. The Bertz CT molecular complexity index is 1060. The molecule has 1 atom stereocenters. The van der Waals surface area contributed by atoms with E-state index in [0.717, 1.165) is 0 Å². The summed E-state index contributed by atoms with van der Waals surface area (Å²) in [7, 11) is 1.64. The number of benzene rings is 2. The van der Waals surface area contributed by atoms with Crippen LogP contribution >= 0.6 is 0 Å². The molecule has 3 rings (SSSR count). The zero-order valence-corrected chi connectivity index (χ0v) is 17.7. The summed E-state index contributed by atoms with van der Waals surface area (Å²) in [5.41, 5.74) is 2.67. The van der Waals surface area contributed by atoms with E-state index in [2.05, 4.69) is 15.8 Å². The summed E-state index contributed by atoms with van der Waals surface area (Å²) >= 11 is 0. The molecule has 0 fully saturated rings. The average molecular weight is 436 g/mol. The number of carbonyl (C=O) groups is 1. The number of nitrogens with zero attached hydrogens (tertiary/aromatic N) is 2. The zero-order valence-electron chi connectivity index (χ0n) is 17.7. The third-order valence-electron chi connectivity index (χ3n) is 4.24. The Balaban J connectivity index is 0.00000166. The summed E-state index contributed by atoms with van der Waals surface area (Å²) < 4.78 is 30.9. The lowest BCUT2D eigenvalue weighted by Crippen LogP contribution is -2.30. The van der Waals surface area contributed by atoms with Crippen LogP contribution in [0.15, 0.2) is 30.6 Å². The summed E-state index contributed by atoms with van der Waals surface area (Å²) in [6, 6.07) is 5.74. The van der Waals surface area contributed by atoms with E-state index in [1.54, 1.807) is 20.0 Å². The van der Waals surface area contributed by atoms with Gasteiger partial charge in [0.25, 0.3) is 5.91 Å². The highest BCUT2D eigenvalue weighted by Crippen LogP contribution is 2.31. The van der Waals surface area contributed by atoms with Crippen LogP contribution in [0.5, 0.6) is 0 Å². The van der Waals surface area contributed by atoms with Gasteiger partial charge in [-0.05, 0) is 30.7 Å². The largest absolute Gasteiger partial charge is 0.394 e. The van der Waals surface area contributed by atoms with Gasteiger partial charge < -0.3 is 20.1 Å². The number of aliphatic hydroxyl groups excluding tert-OH is 2. The first-order valence-electron chi connectivity index (χ1n) is 9.69. The number of carbonyl (C=O) groups excluding carboxylic acids is 1. The molecule has 0 saturated heterocycles. The number of halogens is 2. The molecule has 1 aromatic heterocycles. The van der Waals surface area contributed by atoms with Crippen molar-refractivity contribution in [2.45, 2.75) is 26.9 Å². The highest BCUT2D eigenvalue weighted by molar-refractivity contribution is 6.04. The minimum Gasteiger partial charge on any atom is -0.394 e. The molecule has 1 amide bonds. The number of aromatic nitrogens is 2. The van der Waals surface area contributed by atoms with Crippen molar-refractivity contribution in [1.82, 2.24) is 15.0 Å². The quantitative estimate of drug-likeness (QED) is 0.424. The molecule has 0 bridgehead atoms. The van der Waals surface area contributed by atoms with Crippen molar-refractivity contribution in [2.75, 3.05) is 18.5 Å². The van der Waals surface area contributed by atoms with E-state index in [9.17, 15) is 14.3 Å². The van der Waals surface area contributed by atoms with Gasteiger partial charge in [-0.15, -0.1) is 0 Å². The fourth-order valence-electron chi connectivity index (χ4n) is 2.69. The molecule has 0 aliphatic rings. The van der Waals surface area contributed by atoms with Crippen molar-refractivity contribution in [3.63, 3.8) is 0 Å². The lowest BCUT2D eigenvalue weighted by atomic mass is 10.1. The van der Waals surface area contributed by atoms with Gasteiger partial charge in [-0.3, -0.25) is 9.63 Å². The number of amides is 1. The van der Waals surface area contributed by atoms with Crippen molar-refractivity contribution in [1.29, 1.82) is 0 Å². The van der Waals surface area contributed by atoms with Crippen molar-refractivity contribution in [2.24, 2.45) is 7.05 Å². The molecule has 0 saturated carbocycles. The smallest absolute Gasteiger partial charge is 0.277 e. The highest BCUT2D eigenvalue weighted by atomic mass is 19.1. The van der Waals surface area contributed by atoms with Crippen molar-refractivity contribution < 1.29 is 28.6 Å². The Hall–Kier alpha value is -3.08. The van der Waals surface area contributed by atoms with Gasteiger partial charge in [0.1, 0.15) is 24.0 Å². The normalized spacial score (nSPS) is 11.6. The summed E-state index contributed by atoms with van der Waals surface area (Å²) in [5, 5.41) is 20.7. The van der Waals surface area contributed by atoms with E-state index in [1.165, 1.54) is 29.1 Å². The molecular formula is C21H26F2N4O4. The molecule has 0 aliphatic carbocycles. The number of nitrogens with one attached hydrogen (secondary N) is 2. The summed E-state index contributed by atoms with van der Waals surface area (Å²) in [4.78, 5) is 21.4. The van der Waals surface area contributed by atoms with Crippen LogP contribution in [0.1, 0.15) is 29.8 Å². The number of fused-ring (bicyclic) bond motifs is 1. The molecule has 8 nitrogen and oxygen atoms in total. The first-order valence-corrected chi connectivity index (χ1v) is 9.69. The summed E-state index contributed by atoms with van der Waals surface area (Å²) in [6.07, 6.45) is 0.200. The standard InChI is InChI=1S/C19H20F2N4O4.C2H6/c1-10-3-4-14(13(20)5-10)23-17-12(19(28)24-29-8-11(27)7-26)6-15-18(16(17)21)22-9-25(15)2;1-2/h3-6,9,11,23,26-27H,7-8H2,1-2H3,(H,24,28);1-2H3. The lowest BCUT2D eigenvalue weighted by molar-refractivity contribution is -0.0295. The molecule has 1 heterocycles. The van der Waals surface area contributed by atoms with E-state index in [0.29, 0.717) is 11.1 Å². The van der Waals surface area contributed by atoms with E-state index in [4.69, 9.17) is 9.94 Å². The summed E-state index contributed by atoms with van der Waals surface area (Å²) in [5.74, 6) is -2.27. The molecule has 0 aliphatic heterocycles. The number of hydroxylamine groups is 1. The van der Waals surface area contributed by atoms with Crippen LogP contribution in [-0.4, -0.2) is 45.0 Å². The predicted octanol–water partition coefficient (Wildman–Crippen LogP) is 2.94. The van der Waals surface area contributed by atoms with Gasteiger partial charge in [0.15, 0.2) is 5.82 Å². The lowest BCUT2D eigenvalue weighted by Gasteiger charge is -2.15. The maximum atomic E-state index is 15.2. The molecule has 2 aromatic carbocycles. The van der Waals surface area contributed by atoms with Gasteiger partial charge in [0, 0.05) is 7.05 Å². The zero-order chi connectivity index (χ0) is 23.1. The minimum absolute atomic E-state index is 0.00990.